The lowest BCUT2D eigenvalue weighted by molar-refractivity contribution is -0.0144. The Bertz CT molecular complexity index is 739. The Morgan fingerprint density at radius 3 is 2.48 bits per heavy atom. The number of ether oxygens (including phenoxy) is 3. The molecule has 0 aliphatic heterocycles. The second kappa shape index (κ2) is 12.1. The number of aliphatic hydroxyl groups is 1. The molecule has 7 heteroatoms. The molecule has 7 nitrogen and oxygen atoms in total. The van der Waals surface area contributed by atoms with Gasteiger partial charge in [-0.1, -0.05) is 30.3 Å². The molecule has 2 rings (SSSR count). The first-order valence-electron chi connectivity index (χ1n) is 9.67. The fraction of sp³-hybridized carbons (Fsp3) is 0.409. The standard InChI is InChI=1S/C22H30N2O5/c1-17(2)28-14-13-27-16-18(25)15-24(3)22(26)23-20-11-7-8-12-21(20)29-19-9-5-4-6-10-19/h4-12,17-18,25H,13-16H2,1-3H3,(H,23,26). The van der Waals surface area contributed by atoms with Gasteiger partial charge in [0.2, 0.25) is 0 Å². The highest BCUT2D eigenvalue weighted by molar-refractivity contribution is 5.90. The number of nitrogens with zero attached hydrogens (tertiary/aromatic N) is 1. The van der Waals surface area contributed by atoms with Gasteiger partial charge in [0.15, 0.2) is 5.75 Å². The van der Waals surface area contributed by atoms with Gasteiger partial charge in [0.1, 0.15) is 5.75 Å². The molecule has 0 saturated carbocycles. The van der Waals surface area contributed by atoms with Crippen LogP contribution in [0.25, 0.3) is 0 Å². The summed E-state index contributed by atoms with van der Waals surface area (Å²) < 4.78 is 16.6. The highest BCUT2D eigenvalue weighted by Crippen LogP contribution is 2.29. The summed E-state index contributed by atoms with van der Waals surface area (Å²) >= 11 is 0. The number of para-hydroxylation sites is 3. The molecule has 2 amide bonds. The van der Waals surface area contributed by atoms with Gasteiger partial charge in [-0.15, -0.1) is 0 Å². The van der Waals surface area contributed by atoms with Crippen LogP contribution in [0.4, 0.5) is 10.5 Å². The number of hydrogen-bond donors (Lipinski definition) is 2. The lowest BCUT2D eigenvalue weighted by atomic mass is 10.3. The Balaban J connectivity index is 1.82. The molecular weight excluding hydrogens is 372 g/mol. The van der Waals surface area contributed by atoms with E-state index in [9.17, 15) is 9.90 Å². The van der Waals surface area contributed by atoms with E-state index in [4.69, 9.17) is 14.2 Å². The summed E-state index contributed by atoms with van der Waals surface area (Å²) in [5.74, 6) is 1.21. The van der Waals surface area contributed by atoms with Crippen LogP contribution in [0.5, 0.6) is 11.5 Å². The van der Waals surface area contributed by atoms with Gasteiger partial charge in [-0.05, 0) is 38.1 Å². The van der Waals surface area contributed by atoms with Crippen LogP contribution >= 0.6 is 0 Å². The normalized spacial score (nSPS) is 11.9. The number of likely N-dealkylation sites (N-methyl/N-ethyl adjacent to an activating group) is 1. The third-order valence-corrected chi connectivity index (χ3v) is 3.92. The average Bonchev–Trinajstić information content (AvgIpc) is 2.69. The molecule has 1 atom stereocenters. The number of benzene rings is 2. The molecule has 0 aliphatic rings. The maximum Gasteiger partial charge on any atom is 0.321 e. The van der Waals surface area contributed by atoms with E-state index in [-0.39, 0.29) is 25.3 Å². The molecule has 0 heterocycles. The highest BCUT2D eigenvalue weighted by Gasteiger charge is 2.16. The van der Waals surface area contributed by atoms with E-state index in [1.165, 1.54) is 4.90 Å². The number of anilines is 1. The Morgan fingerprint density at radius 2 is 1.76 bits per heavy atom. The molecule has 0 radical (unpaired) electrons. The van der Waals surface area contributed by atoms with E-state index in [0.29, 0.717) is 30.4 Å². The van der Waals surface area contributed by atoms with Crippen LogP contribution < -0.4 is 10.1 Å². The minimum absolute atomic E-state index is 0.132. The van der Waals surface area contributed by atoms with Crippen molar-refractivity contribution in [3.63, 3.8) is 0 Å². The van der Waals surface area contributed by atoms with Crippen molar-refractivity contribution in [1.29, 1.82) is 0 Å². The van der Waals surface area contributed by atoms with Crippen molar-refractivity contribution in [2.45, 2.75) is 26.1 Å². The largest absolute Gasteiger partial charge is 0.455 e. The van der Waals surface area contributed by atoms with Gasteiger partial charge in [-0.2, -0.15) is 0 Å². The van der Waals surface area contributed by atoms with Crippen LogP contribution in [0, 0.1) is 0 Å². The summed E-state index contributed by atoms with van der Waals surface area (Å²) in [6, 6.07) is 16.2. The van der Waals surface area contributed by atoms with Crippen LogP contribution in [0.3, 0.4) is 0 Å². The van der Waals surface area contributed by atoms with Crippen molar-refractivity contribution >= 4 is 11.7 Å². The maximum absolute atomic E-state index is 12.5. The molecule has 0 saturated heterocycles. The highest BCUT2D eigenvalue weighted by atomic mass is 16.5. The molecule has 2 aromatic rings. The van der Waals surface area contributed by atoms with Crippen molar-refractivity contribution in [3.05, 3.63) is 54.6 Å². The first-order valence-corrected chi connectivity index (χ1v) is 9.67. The van der Waals surface area contributed by atoms with Crippen LogP contribution in [0.2, 0.25) is 0 Å². The van der Waals surface area contributed by atoms with E-state index in [1.807, 2.05) is 56.3 Å². The first kappa shape index (κ1) is 22.7. The topological polar surface area (TPSA) is 80.3 Å². The number of amides is 2. The van der Waals surface area contributed by atoms with Crippen LogP contribution in [0.15, 0.2) is 54.6 Å². The third-order valence-electron chi connectivity index (χ3n) is 3.92. The van der Waals surface area contributed by atoms with Crippen LogP contribution in [-0.4, -0.2) is 61.7 Å². The smallest absolute Gasteiger partial charge is 0.321 e. The average molecular weight is 402 g/mol. The second-order valence-electron chi connectivity index (χ2n) is 6.87. The monoisotopic (exact) mass is 402 g/mol. The zero-order valence-corrected chi connectivity index (χ0v) is 17.2. The predicted octanol–water partition coefficient (Wildman–Crippen LogP) is 3.75. The first-order chi connectivity index (χ1) is 14.0. The Hall–Kier alpha value is -2.61. The minimum atomic E-state index is -0.791. The zero-order valence-electron chi connectivity index (χ0n) is 17.2. The van der Waals surface area contributed by atoms with E-state index in [1.54, 1.807) is 19.2 Å². The van der Waals surface area contributed by atoms with Gasteiger partial charge in [0, 0.05) is 7.05 Å². The van der Waals surface area contributed by atoms with Gasteiger partial charge in [0.05, 0.1) is 44.3 Å². The summed E-state index contributed by atoms with van der Waals surface area (Å²) in [6.45, 7) is 5.04. The maximum atomic E-state index is 12.5. The molecule has 0 spiro atoms. The molecule has 0 aliphatic carbocycles. The van der Waals surface area contributed by atoms with E-state index < -0.39 is 6.10 Å². The van der Waals surface area contributed by atoms with Crippen molar-refractivity contribution in [2.24, 2.45) is 0 Å². The molecular formula is C22H30N2O5. The van der Waals surface area contributed by atoms with E-state index in [0.717, 1.165) is 0 Å². The quantitative estimate of drug-likeness (QED) is 0.560. The molecule has 2 aromatic carbocycles. The molecule has 0 bridgehead atoms. The Morgan fingerprint density at radius 1 is 1.07 bits per heavy atom. The number of rotatable bonds is 11. The molecule has 29 heavy (non-hydrogen) atoms. The SMILES string of the molecule is CC(C)OCCOCC(O)CN(C)C(=O)Nc1ccccc1Oc1ccccc1. The Labute approximate surface area is 172 Å². The van der Waals surface area contributed by atoms with Crippen molar-refractivity contribution < 1.29 is 24.1 Å². The van der Waals surface area contributed by atoms with Gasteiger partial charge < -0.3 is 29.5 Å². The number of hydrogen-bond acceptors (Lipinski definition) is 5. The lowest BCUT2D eigenvalue weighted by Crippen LogP contribution is -2.39. The summed E-state index contributed by atoms with van der Waals surface area (Å²) in [7, 11) is 1.61. The zero-order chi connectivity index (χ0) is 21.1. The third kappa shape index (κ3) is 8.51. The lowest BCUT2D eigenvalue weighted by Gasteiger charge is -2.22. The number of urea groups is 1. The van der Waals surface area contributed by atoms with Crippen molar-refractivity contribution in [1.82, 2.24) is 4.90 Å². The van der Waals surface area contributed by atoms with Crippen LogP contribution in [-0.2, 0) is 9.47 Å². The summed E-state index contributed by atoms with van der Waals surface area (Å²) in [5.41, 5.74) is 0.546. The second-order valence-corrected chi connectivity index (χ2v) is 6.87. The summed E-state index contributed by atoms with van der Waals surface area (Å²) in [6.07, 6.45) is -0.646. The number of carbonyl (C=O) groups is 1. The summed E-state index contributed by atoms with van der Waals surface area (Å²) in [5, 5.41) is 12.9. The number of carbonyl (C=O) groups excluding carboxylic acids is 1. The fourth-order valence-electron chi connectivity index (χ4n) is 2.50. The molecule has 0 fully saturated rings. The molecule has 0 aromatic heterocycles. The molecule has 1 unspecified atom stereocenters. The van der Waals surface area contributed by atoms with E-state index in [2.05, 4.69) is 5.32 Å². The fourth-order valence-corrected chi connectivity index (χ4v) is 2.50. The number of nitrogens with one attached hydrogen (secondary N) is 1. The molecule has 2 N–H and O–H groups in total. The predicted molar refractivity (Wildman–Crippen MR) is 113 cm³/mol. The van der Waals surface area contributed by atoms with Gasteiger partial charge in [0.25, 0.3) is 0 Å². The van der Waals surface area contributed by atoms with Crippen LogP contribution in [0.1, 0.15) is 13.8 Å². The van der Waals surface area contributed by atoms with Crippen molar-refractivity contribution in [2.75, 3.05) is 38.7 Å². The van der Waals surface area contributed by atoms with Gasteiger partial charge >= 0.3 is 6.03 Å². The Kier molecular flexibility index (Phi) is 9.43. The van der Waals surface area contributed by atoms with Gasteiger partial charge in [-0.3, -0.25) is 0 Å². The summed E-state index contributed by atoms with van der Waals surface area (Å²) in [4.78, 5) is 13.9. The molecule has 158 valence electrons. The van der Waals surface area contributed by atoms with E-state index >= 15 is 0 Å². The van der Waals surface area contributed by atoms with Gasteiger partial charge in [-0.25, -0.2) is 4.79 Å². The van der Waals surface area contributed by atoms with Crippen molar-refractivity contribution in [3.8, 4) is 11.5 Å². The number of aliphatic hydroxyl groups excluding tert-OH is 1. The minimum Gasteiger partial charge on any atom is -0.455 e.